The number of rotatable bonds is 7. The van der Waals surface area contributed by atoms with Crippen LogP contribution in [0.4, 0.5) is 0 Å². The zero-order valence-corrected chi connectivity index (χ0v) is 19.2. The predicted molar refractivity (Wildman–Crippen MR) is 128 cm³/mol. The summed E-state index contributed by atoms with van der Waals surface area (Å²) in [5, 5.41) is 3.31. The topological polar surface area (TPSA) is 84.1 Å². The van der Waals surface area contributed by atoms with Gasteiger partial charge in [-0.1, -0.05) is 74.5 Å². The van der Waals surface area contributed by atoms with Gasteiger partial charge >= 0.3 is 0 Å². The first-order chi connectivity index (χ1) is 16.0. The second-order valence-electron chi connectivity index (χ2n) is 8.98. The molecule has 0 radical (unpaired) electrons. The second kappa shape index (κ2) is 10.1. The van der Waals surface area contributed by atoms with Gasteiger partial charge in [-0.3, -0.25) is 9.59 Å². The Morgan fingerprint density at radius 3 is 2.33 bits per heavy atom. The third-order valence-electron chi connectivity index (χ3n) is 6.39. The number of carbonyl (C=O) groups is 1. The lowest BCUT2D eigenvalue weighted by Crippen LogP contribution is -2.49. The summed E-state index contributed by atoms with van der Waals surface area (Å²) in [7, 11) is 0. The van der Waals surface area contributed by atoms with Gasteiger partial charge in [-0.25, -0.2) is 4.98 Å². The van der Waals surface area contributed by atoms with Crippen molar-refractivity contribution in [3.05, 3.63) is 99.7 Å². The highest BCUT2D eigenvalue weighted by atomic mass is 16.5. The summed E-state index contributed by atoms with van der Waals surface area (Å²) < 4.78 is 5.60. The van der Waals surface area contributed by atoms with Crippen molar-refractivity contribution in [1.82, 2.24) is 15.3 Å². The minimum atomic E-state index is -0.642. The normalized spacial score (nSPS) is 16.3. The van der Waals surface area contributed by atoms with Crippen molar-refractivity contribution in [2.75, 3.05) is 13.2 Å². The van der Waals surface area contributed by atoms with E-state index in [4.69, 9.17) is 4.74 Å². The van der Waals surface area contributed by atoms with Crippen molar-refractivity contribution >= 4 is 5.91 Å². The fourth-order valence-corrected chi connectivity index (χ4v) is 4.47. The number of ether oxygens (including phenoxy) is 1. The Balaban J connectivity index is 1.67. The minimum Gasteiger partial charge on any atom is -0.381 e. The molecule has 1 saturated heterocycles. The molecule has 0 unspecified atom stereocenters. The Bertz CT molecular complexity index is 1120. The van der Waals surface area contributed by atoms with E-state index in [1.54, 1.807) is 0 Å². The largest absolute Gasteiger partial charge is 0.381 e. The molecular weight excluding hydrogens is 414 g/mol. The first-order valence-corrected chi connectivity index (χ1v) is 11.6. The van der Waals surface area contributed by atoms with Crippen LogP contribution in [-0.4, -0.2) is 29.1 Å². The molecule has 0 aliphatic carbocycles. The molecule has 0 bridgehead atoms. The van der Waals surface area contributed by atoms with E-state index in [0.29, 0.717) is 44.0 Å². The van der Waals surface area contributed by atoms with Crippen molar-refractivity contribution in [1.29, 1.82) is 0 Å². The number of carbonyl (C=O) groups excluding carboxylic acids is 1. The summed E-state index contributed by atoms with van der Waals surface area (Å²) in [5.74, 6) is 0.742. The molecule has 172 valence electrons. The van der Waals surface area contributed by atoms with Crippen LogP contribution in [0.2, 0.25) is 0 Å². The molecule has 1 aromatic heterocycles. The number of benzene rings is 2. The van der Waals surface area contributed by atoms with Gasteiger partial charge in [0.1, 0.15) is 5.82 Å². The summed E-state index contributed by atoms with van der Waals surface area (Å²) in [6, 6.07) is 21.0. The van der Waals surface area contributed by atoms with Gasteiger partial charge in [-0.2, -0.15) is 0 Å². The fraction of sp³-hybridized carbons (Fsp3) is 0.370. The van der Waals surface area contributed by atoms with E-state index in [1.165, 1.54) is 6.07 Å². The highest BCUT2D eigenvalue weighted by molar-refractivity contribution is 5.88. The van der Waals surface area contributed by atoms with Gasteiger partial charge in [0.2, 0.25) is 5.91 Å². The van der Waals surface area contributed by atoms with Crippen LogP contribution in [0.25, 0.3) is 0 Å². The first kappa shape index (κ1) is 22.9. The van der Waals surface area contributed by atoms with Crippen LogP contribution >= 0.6 is 0 Å². The highest BCUT2D eigenvalue weighted by Crippen LogP contribution is 2.36. The molecule has 1 aliphatic rings. The monoisotopic (exact) mass is 445 g/mol. The lowest BCUT2D eigenvalue weighted by Gasteiger charge is -2.37. The standard InChI is InChI=1S/C27H31N3O3/c1-19(2)25-28-22(18-24(31)30-25)17-23(20-9-5-3-6-10-20)29-26(32)27(13-15-33-16-14-27)21-11-7-4-8-12-21/h3-12,18-19,23H,13-17H2,1-2H3,(H,29,32)(H,28,30,31)/t23-/m0/s1. The van der Waals surface area contributed by atoms with E-state index in [-0.39, 0.29) is 23.4 Å². The molecule has 1 aliphatic heterocycles. The van der Waals surface area contributed by atoms with E-state index >= 15 is 0 Å². The summed E-state index contributed by atoms with van der Waals surface area (Å²) in [5.41, 5.74) is 1.84. The highest BCUT2D eigenvalue weighted by Gasteiger charge is 2.42. The average Bonchev–Trinajstić information content (AvgIpc) is 2.84. The molecule has 1 atom stereocenters. The van der Waals surface area contributed by atoms with Crippen LogP contribution in [0, 0.1) is 0 Å². The number of amides is 1. The third-order valence-corrected chi connectivity index (χ3v) is 6.39. The van der Waals surface area contributed by atoms with Crippen molar-refractivity contribution in [3.8, 4) is 0 Å². The van der Waals surface area contributed by atoms with Crippen LogP contribution in [-0.2, 0) is 21.4 Å². The Kier molecular flexibility index (Phi) is 7.04. The fourth-order valence-electron chi connectivity index (χ4n) is 4.47. The molecule has 1 amide bonds. The smallest absolute Gasteiger partial charge is 0.251 e. The van der Waals surface area contributed by atoms with Crippen molar-refractivity contribution in [2.24, 2.45) is 0 Å². The molecule has 4 rings (SSSR count). The van der Waals surface area contributed by atoms with E-state index in [1.807, 2.05) is 74.5 Å². The van der Waals surface area contributed by atoms with Gasteiger partial charge in [0.15, 0.2) is 0 Å². The van der Waals surface area contributed by atoms with Crippen LogP contribution in [0.5, 0.6) is 0 Å². The lowest BCUT2D eigenvalue weighted by atomic mass is 9.73. The summed E-state index contributed by atoms with van der Waals surface area (Å²) in [6.07, 6.45) is 1.69. The number of aromatic amines is 1. The molecule has 33 heavy (non-hydrogen) atoms. The van der Waals surface area contributed by atoms with Crippen molar-refractivity contribution in [3.63, 3.8) is 0 Å². The van der Waals surface area contributed by atoms with E-state index < -0.39 is 5.41 Å². The summed E-state index contributed by atoms with van der Waals surface area (Å²) in [6.45, 7) is 5.08. The zero-order valence-electron chi connectivity index (χ0n) is 19.2. The number of nitrogens with one attached hydrogen (secondary N) is 2. The van der Waals surface area contributed by atoms with Gasteiger partial charge in [-0.05, 0) is 24.0 Å². The minimum absolute atomic E-state index is 0.0141. The van der Waals surface area contributed by atoms with Crippen LogP contribution in [0.1, 0.15) is 61.3 Å². The van der Waals surface area contributed by atoms with Gasteiger partial charge in [-0.15, -0.1) is 0 Å². The number of H-pyrrole nitrogens is 1. The number of hydrogen-bond donors (Lipinski definition) is 2. The van der Waals surface area contributed by atoms with Crippen LogP contribution in [0.15, 0.2) is 71.5 Å². The van der Waals surface area contributed by atoms with E-state index in [9.17, 15) is 9.59 Å². The van der Waals surface area contributed by atoms with Crippen LogP contribution < -0.4 is 10.9 Å². The molecule has 2 N–H and O–H groups in total. The Morgan fingerprint density at radius 2 is 1.70 bits per heavy atom. The number of aromatic nitrogens is 2. The zero-order chi connectivity index (χ0) is 23.3. The number of hydrogen-bond acceptors (Lipinski definition) is 4. The second-order valence-corrected chi connectivity index (χ2v) is 8.98. The molecule has 0 saturated carbocycles. The molecule has 2 aromatic carbocycles. The lowest BCUT2D eigenvalue weighted by molar-refractivity contribution is -0.131. The molecule has 3 aromatic rings. The molecule has 6 heteroatoms. The Labute approximate surface area is 194 Å². The maximum Gasteiger partial charge on any atom is 0.251 e. The molecule has 6 nitrogen and oxygen atoms in total. The Morgan fingerprint density at radius 1 is 1.06 bits per heavy atom. The first-order valence-electron chi connectivity index (χ1n) is 11.6. The molecule has 0 spiro atoms. The molecule has 1 fully saturated rings. The molecule has 2 heterocycles. The molecular formula is C27H31N3O3. The van der Waals surface area contributed by atoms with E-state index in [0.717, 1.165) is 11.1 Å². The maximum absolute atomic E-state index is 13.9. The predicted octanol–water partition coefficient (Wildman–Crippen LogP) is 4.04. The number of nitrogens with zero attached hydrogens (tertiary/aromatic N) is 1. The SMILES string of the molecule is CC(C)c1nc(C[C@H](NC(=O)C2(c3ccccc3)CCOCC2)c2ccccc2)cc(=O)[nH]1. The van der Waals surface area contributed by atoms with Gasteiger partial charge in [0, 0.05) is 31.6 Å². The summed E-state index contributed by atoms with van der Waals surface area (Å²) >= 11 is 0. The average molecular weight is 446 g/mol. The third kappa shape index (κ3) is 5.22. The van der Waals surface area contributed by atoms with Crippen LogP contribution in [0.3, 0.4) is 0 Å². The van der Waals surface area contributed by atoms with E-state index in [2.05, 4.69) is 15.3 Å². The maximum atomic E-state index is 13.9. The Hall–Kier alpha value is -3.25. The quantitative estimate of drug-likeness (QED) is 0.575. The van der Waals surface area contributed by atoms with Crippen molar-refractivity contribution < 1.29 is 9.53 Å². The van der Waals surface area contributed by atoms with Crippen molar-refractivity contribution in [2.45, 2.75) is 50.5 Å². The van der Waals surface area contributed by atoms with Gasteiger partial charge < -0.3 is 15.0 Å². The van der Waals surface area contributed by atoms with Gasteiger partial charge in [0.05, 0.1) is 17.2 Å². The summed E-state index contributed by atoms with van der Waals surface area (Å²) in [4.78, 5) is 33.6. The van der Waals surface area contributed by atoms with Gasteiger partial charge in [0.25, 0.3) is 5.56 Å².